The molecule has 0 unspecified atom stereocenters. The normalized spacial score (nSPS) is 15.3. The standard InChI is InChI=1S/C13H20N2O2/c1-16-12-4-5-13(15-7-2-3-8-15)11(10-12)6-9-17-14/h4-5,10H,2-3,6-9,14H2,1H3. The Hall–Kier alpha value is -1.26. The van der Waals surface area contributed by atoms with Crippen molar-refractivity contribution in [2.45, 2.75) is 19.3 Å². The van der Waals surface area contributed by atoms with Gasteiger partial charge in [-0.25, -0.2) is 5.90 Å². The highest BCUT2D eigenvalue weighted by atomic mass is 16.6. The Labute approximate surface area is 102 Å². The molecule has 0 amide bonds. The zero-order valence-corrected chi connectivity index (χ0v) is 10.3. The van der Waals surface area contributed by atoms with Gasteiger partial charge in [-0.15, -0.1) is 0 Å². The smallest absolute Gasteiger partial charge is 0.119 e. The van der Waals surface area contributed by atoms with E-state index in [0.29, 0.717) is 6.61 Å². The summed E-state index contributed by atoms with van der Waals surface area (Å²) in [5.41, 5.74) is 2.54. The van der Waals surface area contributed by atoms with Crippen LogP contribution < -0.4 is 15.5 Å². The summed E-state index contributed by atoms with van der Waals surface area (Å²) in [6.07, 6.45) is 3.37. The van der Waals surface area contributed by atoms with Crippen molar-refractivity contribution in [2.75, 3.05) is 31.7 Å². The van der Waals surface area contributed by atoms with Gasteiger partial charge in [-0.1, -0.05) is 0 Å². The summed E-state index contributed by atoms with van der Waals surface area (Å²) in [6, 6.07) is 6.23. The van der Waals surface area contributed by atoms with Crippen LogP contribution in [0.2, 0.25) is 0 Å². The molecule has 2 rings (SSSR count). The van der Waals surface area contributed by atoms with E-state index in [4.69, 9.17) is 10.6 Å². The first-order chi connectivity index (χ1) is 8.35. The molecule has 0 spiro atoms. The predicted octanol–water partition coefficient (Wildman–Crippen LogP) is 1.73. The fourth-order valence-corrected chi connectivity index (χ4v) is 2.32. The molecule has 4 heteroatoms. The van der Waals surface area contributed by atoms with Crippen molar-refractivity contribution in [2.24, 2.45) is 5.90 Å². The maximum atomic E-state index is 5.26. The Bertz CT molecular complexity index is 362. The molecule has 1 heterocycles. The quantitative estimate of drug-likeness (QED) is 0.791. The maximum absolute atomic E-state index is 5.26. The molecule has 1 aliphatic heterocycles. The minimum atomic E-state index is 0.536. The van der Waals surface area contributed by atoms with E-state index in [9.17, 15) is 0 Å². The van der Waals surface area contributed by atoms with Gasteiger partial charge in [0.2, 0.25) is 0 Å². The number of rotatable bonds is 5. The van der Waals surface area contributed by atoms with E-state index >= 15 is 0 Å². The van der Waals surface area contributed by atoms with Gasteiger partial charge < -0.3 is 14.5 Å². The Kier molecular flexibility index (Phi) is 4.23. The van der Waals surface area contributed by atoms with E-state index < -0.39 is 0 Å². The number of anilines is 1. The Morgan fingerprint density at radius 1 is 1.29 bits per heavy atom. The summed E-state index contributed by atoms with van der Waals surface area (Å²) in [7, 11) is 1.69. The third kappa shape index (κ3) is 2.90. The third-order valence-electron chi connectivity index (χ3n) is 3.22. The van der Waals surface area contributed by atoms with E-state index in [-0.39, 0.29) is 0 Å². The first-order valence-corrected chi connectivity index (χ1v) is 6.08. The zero-order valence-electron chi connectivity index (χ0n) is 10.3. The molecule has 4 nitrogen and oxygen atoms in total. The van der Waals surface area contributed by atoms with Crippen LogP contribution >= 0.6 is 0 Å². The maximum Gasteiger partial charge on any atom is 0.119 e. The van der Waals surface area contributed by atoms with E-state index in [1.54, 1.807) is 7.11 Å². The number of nitrogens with two attached hydrogens (primary N) is 1. The van der Waals surface area contributed by atoms with Gasteiger partial charge in [0.25, 0.3) is 0 Å². The molecule has 17 heavy (non-hydrogen) atoms. The van der Waals surface area contributed by atoms with Crippen LogP contribution in [-0.4, -0.2) is 26.8 Å². The molecular weight excluding hydrogens is 216 g/mol. The molecule has 0 radical (unpaired) electrons. The number of nitrogens with zero attached hydrogens (tertiary/aromatic N) is 1. The molecule has 0 saturated carbocycles. The second kappa shape index (κ2) is 5.89. The highest BCUT2D eigenvalue weighted by Crippen LogP contribution is 2.28. The van der Waals surface area contributed by atoms with Gasteiger partial charge in [0.1, 0.15) is 5.75 Å². The number of hydrogen-bond acceptors (Lipinski definition) is 4. The lowest BCUT2D eigenvalue weighted by molar-refractivity contribution is 0.141. The van der Waals surface area contributed by atoms with Gasteiger partial charge in [-0.2, -0.15) is 0 Å². The fraction of sp³-hybridized carbons (Fsp3) is 0.538. The second-order valence-corrected chi connectivity index (χ2v) is 4.31. The first-order valence-electron chi connectivity index (χ1n) is 6.08. The minimum Gasteiger partial charge on any atom is -0.497 e. The first kappa shape index (κ1) is 12.2. The molecule has 1 aliphatic rings. The van der Waals surface area contributed by atoms with Gasteiger partial charge in [-0.3, -0.25) is 0 Å². The van der Waals surface area contributed by atoms with Crippen LogP contribution in [0, 0.1) is 0 Å². The zero-order chi connectivity index (χ0) is 12.1. The van der Waals surface area contributed by atoms with Gasteiger partial charge in [-0.05, 0) is 43.0 Å². The highest BCUT2D eigenvalue weighted by molar-refractivity contribution is 5.57. The Morgan fingerprint density at radius 2 is 2.06 bits per heavy atom. The molecular formula is C13H20N2O2. The van der Waals surface area contributed by atoms with Crippen molar-refractivity contribution in [1.82, 2.24) is 0 Å². The average Bonchev–Trinajstić information content (AvgIpc) is 2.89. The van der Waals surface area contributed by atoms with Crippen molar-refractivity contribution in [1.29, 1.82) is 0 Å². The van der Waals surface area contributed by atoms with E-state index in [1.807, 2.05) is 6.07 Å². The van der Waals surface area contributed by atoms with Crippen LogP contribution in [0.4, 0.5) is 5.69 Å². The molecule has 0 aliphatic carbocycles. The summed E-state index contributed by atoms with van der Waals surface area (Å²) in [5, 5.41) is 0. The molecule has 1 aromatic carbocycles. The van der Waals surface area contributed by atoms with Gasteiger partial charge >= 0.3 is 0 Å². The van der Waals surface area contributed by atoms with Crippen LogP contribution in [0.1, 0.15) is 18.4 Å². The second-order valence-electron chi connectivity index (χ2n) is 4.31. The summed E-state index contributed by atoms with van der Waals surface area (Å²) >= 11 is 0. The minimum absolute atomic E-state index is 0.536. The SMILES string of the molecule is COc1ccc(N2CCCC2)c(CCON)c1. The monoisotopic (exact) mass is 236 g/mol. The Balaban J connectivity index is 2.21. The number of benzene rings is 1. The molecule has 1 aromatic rings. The van der Waals surface area contributed by atoms with Gasteiger partial charge in [0, 0.05) is 18.8 Å². The molecule has 0 bridgehead atoms. The molecule has 2 N–H and O–H groups in total. The predicted molar refractivity (Wildman–Crippen MR) is 68.3 cm³/mol. The average molecular weight is 236 g/mol. The highest BCUT2D eigenvalue weighted by Gasteiger charge is 2.16. The van der Waals surface area contributed by atoms with Crippen LogP contribution in [0.15, 0.2) is 18.2 Å². The summed E-state index contributed by atoms with van der Waals surface area (Å²) in [5.74, 6) is 5.99. The van der Waals surface area contributed by atoms with Crippen LogP contribution in [0.3, 0.4) is 0 Å². The molecule has 1 saturated heterocycles. The van der Waals surface area contributed by atoms with Crippen molar-refractivity contribution < 1.29 is 9.57 Å². The van der Waals surface area contributed by atoms with Crippen LogP contribution in [0.25, 0.3) is 0 Å². The van der Waals surface area contributed by atoms with Crippen LogP contribution in [0.5, 0.6) is 5.75 Å². The summed E-state index contributed by atoms with van der Waals surface area (Å²) in [4.78, 5) is 7.10. The number of hydrogen-bond donors (Lipinski definition) is 1. The Morgan fingerprint density at radius 3 is 2.71 bits per heavy atom. The van der Waals surface area contributed by atoms with Crippen LogP contribution in [-0.2, 0) is 11.3 Å². The molecule has 0 aromatic heterocycles. The number of ether oxygens (including phenoxy) is 1. The topological polar surface area (TPSA) is 47.7 Å². The van der Waals surface area contributed by atoms with E-state index in [1.165, 1.54) is 24.1 Å². The lowest BCUT2D eigenvalue weighted by Crippen LogP contribution is -2.20. The third-order valence-corrected chi connectivity index (χ3v) is 3.22. The molecule has 1 fully saturated rings. The van der Waals surface area contributed by atoms with E-state index in [2.05, 4.69) is 21.9 Å². The lowest BCUT2D eigenvalue weighted by Gasteiger charge is -2.22. The largest absolute Gasteiger partial charge is 0.497 e. The summed E-state index contributed by atoms with van der Waals surface area (Å²) in [6.45, 7) is 2.82. The fourth-order valence-electron chi connectivity index (χ4n) is 2.32. The van der Waals surface area contributed by atoms with Crippen molar-refractivity contribution in [3.05, 3.63) is 23.8 Å². The van der Waals surface area contributed by atoms with E-state index in [0.717, 1.165) is 25.3 Å². The number of methoxy groups -OCH3 is 1. The van der Waals surface area contributed by atoms with Crippen molar-refractivity contribution in [3.63, 3.8) is 0 Å². The molecule has 0 atom stereocenters. The summed E-state index contributed by atoms with van der Waals surface area (Å²) < 4.78 is 5.26. The van der Waals surface area contributed by atoms with Gasteiger partial charge in [0.15, 0.2) is 0 Å². The van der Waals surface area contributed by atoms with Gasteiger partial charge in [0.05, 0.1) is 13.7 Å². The lowest BCUT2D eigenvalue weighted by atomic mass is 10.1. The van der Waals surface area contributed by atoms with Crippen molar-refractivity contribution >= 4 is 5.69 Å². The van der Waals surface area contributed by atoms with Crippen molar-refractivity contribution in [3.8, 4) is 5.75 Å². The molecule has 94 valence electrons.